The number of hydrogen-bond donors (Lipinski definition) is 1. The first-order chi connectivity index (χ1) is 12.5. The fourth-order valence-corrected chi connectivity index (χ4v) is 3.62. The van der Waals surface area contributed by atoms with Gasteiger partial charge in [-0.25, -0.2) is 0 Å². The molecule has 2 aromatic carbocycles. The van der Waals surface area contributed by atoms with Crippen molar-refractivity contribution in [3.63, 3.8) is 0 Å². The number of rotatable bonds is 5. The molecule has 3 rings (SSSR count). The number of benzene rings is 2. The van der Waals surface area contributed by atoms with Gasteiger partial charge < -0.3 is 14.8 Å². The maximum atomic E-state index is 11.8. The number of ether oxygens (including phenoxy) is 2. The van der Waals surface area contributed by atoms with Crippen molar-refractivity contribution in [3.8, 4) is 11.5 Å². The van der Waals surface area contributed by atoms with Crippen LogP contribution in [0, 0.1) is 0 Å². The predicted molar refractivity (Wildman–Crippen MR) is 110 cm³/mol. The van der Waals surface area contributed by atoms with Crippen LogP contribution in [0.3, 0.4) is 0 Å². The zero-order chi connectivity index (χ0) is 18.7. The molecule has 0 spiro atoms. The summed E-state index contributed by atoms with van der Waals surface area (Å²) in [7, 11) is 1.56. The lowest BCUT2D eigenvalue weighted by molar-refractivity contribution is -0.115. The molecular formula is C18H13Cl2NO3S2. The van der Waals surface area contributed by atoms with Crippen molar-refractivity contribution in [1.82, 2.24) is 5.32 Å². The van der Waals surface area contributed by atoms with Crippen LogP contribution in [-0.2, 0) is 11.4 Å². The number of nitrogens with one attached hydrogen (secondary N) is 1. The van der Waals surface area contributed by atoms with E-state index in [2.05, 4.69) is 5.32 Å². The van der Waals surface area contributed by atoms with Gasteiger partial charge >= 0.3 is 0 Å². The first-order valence-electron chi connectivity index (χ1n) is 7.46. The molecule has 26 heavy (non-hydrogen) atoms. The Morgan fingerprint density at radius 3 is 2.62 bits per heavy atom. The fraction of sp³-hybridized carbons (Fsp3) is 0.111. The molecule has 0 aromatic heterocycles. The van der Waals surface area contributed by atoms with E-state index in [1.165, 1.54) is 11.8 Å². The van der Waals surface area contributed by atoms with Crippen LogP contribution in [0.25, 0.3) is 6.08 Å². The van der Waals surface area contributed by atoms with Gasteiger partial charge in [0.2, 0.25) is 0 Å². The number of hydrogen-bond acceptors (Lipinski definition) is 5. The van der Waals surface area contributed by atoms with Crippen LogP contribution in [0.4, 0.5) is 0 Å². The molecule has 1 fully saturated rings. The second-order valence-electron chi connectivity index (χ2n) is 5.30. The SMILES string of the molecule is COc1cc(/C=C2\SC(=S)NC2=O)ccc1OCc1ccc(Cl)c(Cl)c1. The Bertz CT molecular complexity index is 915. The van der Waals surface area contributed by atoms with E-state index in [0.29, 0.717) is 37.4 Å². The summed E-state index contributed by atoms with van der Waals surface area (Å²) in [5, 5.41) is 3.56. The summed E-state index contributed by atoms with van der Waals surface area (Å²) in [5.41, 5.74) is 1.70. The monoisotopic (exact) mass is 425 g/mol. The van der Waals surface area contributed by atoms with Crippen LogP contribution in [0.15, 0.2) is 41.3 Å². The van der Waals surface area contributed by atoms with Gasteiger partial charge in [0.05, 0.1) is 22.1 Å². The van der Waals surface area contributed by atoms with E-state index in [9.17, 15) is 4.79 Å². The molecule has 2 aromatic rings. The van der Waals surface area contributed by atoms with Crippen molar-refractivity contribution in [3.05, 3.63) is 62.5 Å². The summed E-state index contributed by atoms with van der Waals surface area (Å²) >= 11 is 18.1. The van der Waals surface area contributed by atoms with Gasteiger partial charge in [0, 0.05) is 0 Å². The maximum Gasteiger partial charge on any atom is 0.263 e. The van der Waals surface area contributed by atoms with E-state index in [-0.39, 0.29) is 5.91 Å². The molecule has 0 atom stereocenters. The van der Waals surface area contributed by atoms with E-state index >= 15 is 0 Å². The minimum absolute atomic E-state index is 0.195. The zero-order valence-corrected chi connectivity index (χ0v) is 16.7. The quantitative estimate of drug-likeness (QED) is 0.535. The summed E-state index contributed by atoms with van der Waals surface area (Å²) in [5.74, 6) is 0.948. The van der Waals surface area contributed by atoms with Gasteiger partial charge in [0.1, 0.15) is 10.9 Å². The highest BCUT2D eigenvalue weighted by Gasteiger charge is 2.22. The first-order valence-corrected chi connectivity index (χ1v) is 9.44. The highest BCUT2D eigenvalue weighted by atomic mass is 35.5. The third-order valence-corrected chi connectivity index (χ3v) is 5.41. The molecule has 0 radical (unpaired) electrons. The highest BCUT2D eigenvalue weighted by molar-refractivity contribution is 8.26. The zero-order valence-electron chi connectivity index (χ0n) is 13.5. The Kier molecular flexibility index (Phi) is 6.09. The summed E-state index contributed by atoms with van der Waals surface area (Å²) in [6.45, 7) is 0.320. The Labute approximate surface area is 170 Å². The average Bonchev–Trinajstić information content (AvgIpc) is 2.93. The number of halogens is 2. The van der Waals surface area contributed by atoms with E-state index < -0.39 is 0 Å². The lowest BCUT2D eigenvalue weighted by atomic mass is 10.2. The van der Waals surface area contributed by atoms with Crippen LogP contribution in [-0.4, -0.2) is 17.3 Å². The van der Waals surface area contributed by atoms with E-state index in [1.54, 1.807) is 37.5 Å². The molecular weight excluding hydrogens is 413 g/mol. The molecule has 134 valence electrons. The van der Waals surface area contributed by atoms with Crippen molar-refractivity contribution in [2.45, 2.75) is 6.61 Å². The maximum absolute atomic E-state index is 11.8. The molecule has 1 aliphatic rings. The molecule has 1 heterocycles. The first kappa shape index (κ1) is 19.0. The molecule has 0 unspecified atom stereocenters. The van der Waals surface area contributed by atoms with E-state index in [1.807, 2.05) is 12.1 Å². The van der Waals surface area contributed by atoms with Gasteiger partial charge in [-0.3, -0.25) is 4.79 Å². The molecule has 1 N–H and O–H groups in total. The number of methoxy groups -OCH3 is 1. The van der Waals surface area contributed by atoms with Crippen LogP contribution in [0.2, 0.25) is 10.0 Å². The molecule has 0 saturated carbocycles. The molecule has 0 bridgehead atoms. The van der Waals surface area contributed by atoms with Gasteiger partial charge in [-0.15, -0.1) is 0 Å². The highest BCUT2D eigenvalue weighted by Crippen LogP contribution is 2.32. The summed E-state index contributed by atoms with van der Waals surface area (Å²) in [6.07, 6.45) is 1.75. The molecule has 1 aliphatic heterocycles. The van der Waals surface area contributed by atoms with Crippen LogP contribution in [0.5, 0.6) is 11.5 Å². The Balaban J connectivity index is 1.76. The van der Waals surface area contributed by atoms with Crippen molar-refractivity contribution in [2.24, 2.45) is 0 Å². The standard InChI is InChI=1S/C18H13Cl2NO3S2/c1-23-15-7-10(8-16-17(22)21-18(25)26-16)3-5-14(15)24-9-11-2-4-12(19)13(20)6-11/h2-8H,9H2,1H3,(H,21,22,25)/b16-8-. The average molecular weight is 426 g/mol. The lowest BCUT2D eigenvalue weighted by Crippen LogP contribution is -2.17. The van der Waals surface area contributed by atoms with Crippen molar-refractivity contribution in [2.75, 3.05) is 7.11 Å². The fourth-order valence-electron chi connectivity index (χ4n) is 2.26. The molecule has 4 nitrogen and oxygen atoms in total. The van der Waals surface area contributed by atoms with Crippen LogP contribution in [0.1, 0.15) is 11.1 Å². The van der Waals surface area contributed by atoms with Crippen LogP contribution < -0.4 is 14.8 Å². The summed E-state index contributed by atoms with van der Waals surface area (Å²) in [4.78, 5) is 12.3. The van der Waals surface area contributed by atoms with Gasteiger partial charge in [0.25, 0.3) is 5.91 Å². The minimum atomic E-state index is -0.195. The van der Waals surface area contributed by atoms with Crippen LogP contribution >= 0.6 is 47.2 Å². The lowest BCUT2D eigenvalue weighted by Gasteiger charge is -2.12. The van der Waals surface area contributed by atoms with Crippen molar-refractivity contribution >= 4 is 63.5 Å². The topological polar surface area (TPSA) is 47.6 Å². The number of carbonyl (C=O) groups is 1. The molecule has 8 heteroatoms. The van der Waals surface area contributed by atoms with Gasteiger partial charge in [-0.05, 0) is 41.5 Å². The second kappa shape index (κ2) is 8.31. The molecule has 1 amide bonds. The minimum Gasteiger partial charge on any atom is -0.493 e. The van der Waals surface area contributed by atoms with E-state index in [0.717, 1.165) is 11.1 Å². The summed E-state index contributed by atoms with van der Waals surface area (Å²) in [6, 6.07) is 10.8. The third-order valence-electron chi connectivity index (χ3n) is 3.51. The number of thioether (sulfide) groups is 1. The van der Waals surface area contributed by atoms with Gasteiger partial charge in [-0.2, -0.15) is 0 Å². The van der Waals surface area contributed by atoms with E-state index in [4.69, 9.17) is 44.9 Å². The van der Waals surface area contributed by atoms with Crippen molar-refractivity contribution < 1.29 is 14.3 Å². The van der Waals surface area contributed by atoms with Crippen molar-refractivity contribution in [1.29, 1.82) is 0 Å². The van der Waals surface area contributed by atoms with Gasteiger partial charge in [0.15, 0.2) is 11.5 Å². The second-order valence-corrected chi connectivity index (χ2v) is 7.83. The molecule has 1 saturated heterocycles. The normalized spacial score (nSPS) is 15.3. The summed E-state index contributed by atoms with van der Waals surface area (Å²) < 4.78 is 11.7. The van der Waals surface area contributed by atoms with Gasteiger partial charge in [-0.1, -0.05) is 59.3 Å². The number of carbonyl (C=O) groups excluding carboxylic acids is 1. The molecule has 0 aliphatic carbocycles. The number of thiocarbonyl (C=S) groups is 1. The third kappa shape index (κ3) is 4.51. The Hall–Kier alpha value is -1.73. The Morgan fingerprint density at radius 2 is 1.96 bits per heavy atom. The Morgan fingerprint density at radius 1 is 1.15 bits per heavy atom. The largest absolute Gasteiger partial charge is 0.493 e. The predicted octanol–water partition coefficient (Wildman–Crippen LogP) is 5.07. The smallest absolute Gasteiger partial charge is 0.263 e. The number of amides is 1.